The molecule has 0 bridgehead atoms. The molecule has 1 heterocycles. The van der Waals surface area contributed by atoms with Crippen LogP contribution < -0.4 is 16.4 Å². The van der Waals surface area contributed by atoms with Crippen molar-refractivity contribution >= 4 is 23.7 Å². The van der Waals surface area contributed by atoms with Gasteiger partial charge in [-0.05, 0) is 24.3 Å². The molecule has 1 fully saturated rings. The Morgan fingerprint density at radius 3 is 2.40 bits per heavy atom. The lowest BCUT2D eigenvalue weighted by Gasteiger charge is -2.28. The van der Waals surface area contributed by atoms with Crippen molar-refractivity contribution in [1.82, 2.24) is 15.5 Å². The second-order valence-electron chi connectivity index (χ2n) is 7.77. The molecular weight excluding hydrogens is 388 g/mol. The van der Waals surface area contributed by atoms with Crippen LogP contribution in [0.2, 0.25) is 0 Å². The molecule has 0 radical (unpaired) electrons. The Kier molecular flexibility index (Phi) is 8.35. The molecule has 1 aliphatic rings. The molecule has 164 valence electrons. The highest BCUT2D eigenvalue weighted by Crippen LogP contribution is 2.18. The first kappa shape index (κ1) is 23.3. The van der Waals surface area contributed by atoms with Crippen LogP contribution >= 0.6 is 0 Å². The van der Waals surface area contributed by atoms with Gasteiger partial charge < -0.3 is 26.4 Å². The SMILES string of the molecule is CC(C)C(NC(=O)C1CCCN1C(=O)CN)C(=O)NC(Cc1ccccc1)C(=O)O. The van der Waals surface area contributed by atoms with Gasteiger partial charge in [-0.3, -0.25) is 14.4 Å². The number of rotatable bonds is 9. The van der Waals surface area contributed by atoms with Gasteiger partial charge in [-0.1, -0.05) is 44.2 Å². The Morgan fingerprint density at radius 1 is 1.17 bits per heavy atom. The topological polar surface area (TPSA) is 142 Å². The van der Waals surface area contributed by atoms with Gasteiger partial charge in [0.2, 0.25) is 17.7 Å². The van der Waals surface area contributed by atoms with E-state index in [1.807, 2.05) is 6.07 Å². The normalized spacial score (nSPS) is 18.0. The molecule has 3 unspecified atom stereocenters. The average Bonchev–Trinajstić information content (AvgIpc) is 3.21. The van der Waals surface area contributed by atoms with Crippen LogP contribution in [0.25, 0.3) is 0 Å². The number of amides is 3. The van der Waals surface area contributed by atoms with E-state index in [1.54, 1.807) is 38.1 Å². The van der Waals surface area contributed by atoms with E-state index in [0.29, 0.717) is 19.4 Å². The highest BCUT2D eigenvalue weighted by Gasteiger charge is 2.36. The number of carbonyl (C=O) groups is 4. The number of nitrogens with two attached hydrogens (primary N) is 1. The lowest BCUT2D eigenvalue weighted by Crippen LogP contribution is -2.57. The fraction of sp³-hybridized carbons (Fsp3) is 0.524. The highest BCUT2D eigenvalue weighted by molar-refractivity contribution is 5.94. The maximum atomic E-state index is 12.8. The molecule has 9 heteroatoms. The summed E-state index contributed by atoms with van der Waals surface area (Å²) in [5, 5.41) is 14.8. The van der Waals surface area contributed by atoms with E-state index >= 15 is 0 Å². The Labute approximate surface area is 176 Å². The van der Waals surface area contributed by atoms with Crippen molar-refractivity contribution in [3.05, 3.63) is 35.9 Å². The van der Waals surface area contributed by atoms with Crippen LogP contribution in [-0.2, 0) is 25.6 Å². The summed E-state index contributed by atoms with van der Waals surface area (Å²) in [7, 11) is 0. The Hall–Kier alpha value is -2.94. The van der Waals surface area contributed by atoms with Gasteiger partial charge >= 0.3 is 5.97 Å². The van der Waals surface area contributed by atoms with Gasteiger partial charge in [0.25, 0.3) is 0 Å². The molecule has 0 aromatic heterocycles. The smallest absolute Gasteiger partial charge is 0.326 e. The lowest BCUT2D eigenvalue weighted by atomic mass is 10.0. The summed E-state index contributed by atoms with van der Waals surface area (Å²) in [5.74, 6) is -2.75. The van der Waals surface area contributed by atoms with Crippen molar-refractivity contribution in [2.75, 3.05) is 13.1 Å². The number of likely N-dealkylation sites (tertiary alicyclic amines) is 1. The van der Waals surface area contributed by atoms with Gasteiger partial charge in [0.05, 0.1) is 6.54 Å². The van der Waals surface area contributed by atoms with Gasteiger partial charge in [-0.15, -0.1) is 0 Å². The van der Waals surface area contributed by atoms with Crippen LogP contribution in [0.4, 0.5) is 0 Å². The molecule has 0 saturated carbocycles. The minimum atomic E-state index is -1.16. The van der Waals surface area contributed by atoms with E-state index in [0.717, 1.165) is 5.56 Å². The summed E-state index contributed by atoms with van der Waals surface area (Å²) in [5.41, 5.74) is 6.19. The lowest BCUT2D eigenvalue weighted by molar-refractivity contribution is -0.143. The van der Waals surface area contributed by atoms with E-state index in [1.165, 1.54) is 4.90 Å². The number of carbonyl (C=O) groups excluding carboxylic acids is 3. The third-order valence-corrected chi connectivity index (χ3v) is 5.19. The number of benzene rings is 1. The minimum Gasteiger partial charge on any atom is -0.480 e. The van der Waals surface area contributed by atoms with Crippen LogP contribution in [-0.4, -0.2) is 64.9 Å². The first-order chi connectivity index (χ1) is 14.2. The van der Waals surface area contributed by atoms with Crippen LogP contribution in [0.1, 0.15) is 32.3 Å². The predicted octanol–water partition coefficient (Wildman–Crippen LogP) is -0.111. The second kappa shape index (κ2) is 10.7. The monoisotopic (exact) mass is 418 g/mol. The van der Waals surface area contributed by atoms with Crippen LogP contribution in [0, 0.1) is 5.92 Å². The molecule has 5 N–H and O–H groups in total. The number of hydrogen-bond acceptors (Lipinski definition) is 5. The molecule has 2 rings (SSSR count). The third kappa shape index (κ3) is 6.03. The van der Waals surface area contributed by atoms with Gasteiger partial charge in [-0.25, -0.2) is 4.79 Å². The van der Waals surface area contributed by atoms with Gasteiger partial charge in [-0.2, -0.15) is 0 Å². The van der Waals surface area contributed by atoms with Gasteiger partial charge in [0.15, 0.2) is 0 Å². The van der Waals surface area contributed by atoms with Crippen LogP contribution in [0.3, 0.4) is 0 Å². The number of aliphatic carboxylic acids is 1. The fourth-order valence-corrected chi connectivity index (χ4v) is 3.55. The predicted molar refractivity (Wildman–Crippen MR) is 110 cm³/mol. The Balaban J connectivity index is 2.06. The Morgan fingerprint density at radius 2 is 1.83 bits per heavy atom. The molecule has 1 aromatic rings. The molecule has 30 heavy (non-hydrogen) atoms. The molecule has 1 aromatic carbocycles. The summed E-state index contributed by atoms with van der Waals surface area (Å²) in [6.45, 7) is 3.78. The van der Waals surface area contributed by atoms with Crippen molar-refractivity contribution in [2.45, 2.75) is 51.2 Å². The number of nitrogens with one attached hydrogen (secondary N) is 2. The van der Waals surface area contributed by atoms with Crippen molar-refractivity contribution in [1.29, 1.82) is 0 Å². The zero-order valence-electron chi connectivity index (χ0n) is 17.3. The molecule has 1 saturated heterocycles. The van der Waals surface area contributed by atoms with E-state index in [9.17, 15) is 24.3 Å². The number of nitrogens with zero attached hydrogens (tertiary/aromatic N) is 1. The largest absolute Gasteiger partial charge is 0.480 e. The van der Waals surface area contributed by atoms with Gasteiger partial charge in [0.1, 0.15) is 18.1 Å². The third-order valence-electron chi connectivity index (χ3n) is 5.19. The summed E-state index contributed by atoms with van der Waals surface area (Å²) in [6.07, 6.45) is 1.30. The van der Waals surface area contributed by atoms with Crippen molar-refractivity contribution in [2.24, 2.45) is 11.7 Å². The number of carboxylic acids is 1. The maximum Gasteiger partial charge on any atom is 0.326 e. The number of carboxylic acid groups (broad SMARTS) is 1. The molecule has 0 spiro atoms. The number of hydrogen-bond donors (Lipinski definition) is 4. The first-order valence-corrected chi connectivity index (χ1v) is 10.1. The maximum absolute atomic E-state index is 12.8. The van der Waals surface area contributed by atoms with E-state index in [2.05, 4.69) is 10.6 Å². The molecule has 9 nitrogen and oxygen atoms in total. The summed E-state index contributed by atoms with van der Waals surface area (Å²) in [6, 6.07) is 6.26. The van der Waals surface area contributed by atoms with Crippen molar-refractivity contribution in [3.8, 4) is 0 Å². The van der Waals surface area contributed by atoms with Crippen molar-refractivity contribution in [3.63, 3.8) is 0 Å². The molecule has 0 aliphatic carbocycles. The molecule has 3 atom stereocenters. The van der Waals surface area contributed by atoms with E-state index < -0.39 is 35.9 Å². The second-order valence-corrected chi connectivity index (χ2v) is 7.77. The molecular formula is C21H30N4O5. The standard InChI is InChI=1S/C21H30N4O5/c1-13(2)18(24-19(27)16-9-6-10-25(16)17(26)12-22)20(28)23-15(21(29)30)11-14-7-4-3-5-8-14/h3-5,7-8,13,15-16,18H,6,9-12,22H2,1-2H3,(H,23,28)(H,24,27)(H,29,30). The minimum absolute atomic E-state index is 0.127. The van der Waals surface area contributed by atoms with E-state index in [-0.39, 0.29) is 24.8 Å². The zero-order valence-corrected chi connectivity index (χ0v) is 17.3. The molecule has 1 aliphatic heterocycles. The van der Waals surface area contributed by atoms with Crippen LogP contribution in [0.15, 0.2) is 30.3 Å². The zero-order chi connectivity index (χ0) is 22.3. The van der Waals surface area contributed by atoms with Gasteiger partial charge in [0, 0.05) is 13.0 Å². The quantitative estimate of drug-likeness (QED) is 0.441. The highest BCUT2D eigenvalue weighted by atomic mass is 16.4. The average molecular weight is 418 g/mol. The summed E-state index contributed by atoms with van der Waals surface area (Å²) < 4.78 is 0. The van der Waals surface area contributed by atoms with Crippen LogP contribution in [0.5, 0.6) is 0 Å². The van der Waals surface area contributed by atoms with E-state index in [4.69, 9.17) is 5.73 Å². The summed E-state index contributed by atoms with van der Waals surface area (Å²) in [4.78, 5) is 50.6. The molecule has 3 amide bonds. The Bertz CT molecular complexity index is 768. The summed E-state index contributed by atoms with van der Waals surface area (Å²) >= 11 is 0. The fourth-order valence-electron chi connectivity index (χ4n) is 3.55. The first-order valence-electron chi connectivity index (χ1n) is 10.1. The van der Waals surface area contributed by atoms with Crippen molar-refractivity contribution < 1.29 is 24.3 Å².